The zero-order valence-electron chi connectivity index (χ0n) is 12.7. The number of benzene rings is 2. The standard InChI is InChI=1S/C18H14IN3OS/c19-14-7-3-1-5-12(14)17(23)20-15-8-4-2-6-13(15)16-11-22-9-10-24-18(22)21-16/h1-8,11H,9-10H2,(H,20,23). The molecular weight excluding hydrogens is 433 g/mol. The monoisotopic (exact) mass is 447 g/mol. The first-order valence-electron chi connectivity index (χ1n) is 7.57. The zero-order chi connectivity index (χ0) is 16.5. The lowest BCUT2D eigenvalue weighted by Gasteiger charge is -2.10. The van der Waals surface area contributed by atoms with Crippen molar-refractivity contribution in [1.29, 1.82) is 0 Å². The average Bonchev–Trinajstić information content (AvgIpc) is 3.17. The van der Waals surface area contributed by atoms with E-state index in [0.29, 0.717) is 5.56 Å². The van der Waals surface area contributed by atoms with E-state index in [9.17, 15) is 4.79 Å². The summed E-state index contributed by atoms with van der Waals surface area (Å²) in [5.41, 5.74) is 3.30. The molecule has 0 spiro atoms. The number of anilines is 1. The fourth-order valence-corrected chi connectivity index (χ4v) is 4.27. The number of amides is 1. The SMILES string of the molecule is O=C(Nc1ccccc1-c1cn2c(n1)SCC2)c1ccccc1I. The van der Waals surface area contributed by atoms with Gasteiger partial charge in [-0.15, -0.1) is 0 Å². The Bertz CT molecular complexity index is 901. The maximum absolute atomic E-state index is 12.6. The van der Waals surface area contributed by atoms with Crippen LogP contribution in [0.2, 0.25) is 0 Å². The van der Waals surface area contributed by atoms with E-state index < -0.39 is 0 Å². The Morgan fingerprint density at radius 3 is 2.79 bits per heavy atom. The van der Waals surface area contributed by atoms with Gasteiger partial charge in [-0.25, -0.2) is 4.98 Å². The second kappa shape index (κ2) is 6.60. The first-order chi connectivity index (χ1) is 11.7. The van der Waals surface area contributed by atoms with Gasteiger partial charge < -0.3 is 9.88 Å². The average molecular weight is 447 g/mol. The molecule has 1 aromatic heterocycles. The van der Waals surface area contributed by atoms with Crippen molar-refractivity contribution in [1.82, 2.24) is 9.55 Å². The van der Waals surface area contributed by atoms with Crippen LogP contribution in [-0.2, 0) is 6.54 Å². The number of thioether (sulfide) groups is 1. The Labute approximate surface area is 157 Å². The van der Waals surface area contributed by atoms with Gasteiger partial charge in [-0.3, -0.25) is 4.79 Å². The summed E-state index contributed by atoms with van der Waals surface area (Å²) in [7, 11) is 0. The van der Waals surface area contributed by atoms with Crippen LogP contribution in [0.25, 0.3) is 11.3 Å². The Morgan fingerprint density at radius 1 is 1.17 bits per heavy atom. The van der Waals surface area contributed by atoms with Gasteiger partial charge >= 0.3 is 0 Å². The number of aromatic nitrogens is 2. The van der Waals surface area contributed by atoms with E-state index in [-0.39, 0.29) is 5.91 Å². The molecule has 3 aromatic rings. The molecule has 120 valence electrons. The Morgan fingerprint density at radius 2 is 1.96 bits per heavy atom. The molecular formula is C18H14IN3OS. The summed E-state index contributed by atoms with van der Waals surface area (Å²) in [5.74, 6) is 0.974. The number of fused-ring (bicyclic) bond motifs is 1. The van der Waals surface area contributed by atoms with E-state index in [4.69, 9.17) is 4.98 Å². The molecule has 1 aliphatic rings. The third kappa shape index (κ3) is 2.95. The lowest BCUT2D eigenvalue weighted by atomic mass is 10.1. The highest BCUT2D eigenvalue weighted by atomic mass is 127. The summed E-state index contributed by atoms with van der Waals surface area (Å²) < 4.78 is 3.10. The minimum atomic E-state index is -0.103. The van der Waals surface area contributed by atoms with Crippen LogP contribution >= 0.6 is 34.4 Å². The maximum Gasteiger partial charge on any atom is 0.256 e. The summed E-state index contributed by atoms with van der Waals surface area (Å²) in [4.78, 5) is 17.3. The second-order valence-corrected chi connectivity index (χ2v) is 7.65. The summed E-state index contributed by atoms with van der Waals surface area (Å²) in [6, 6.07) is 15.4. The van der Waals surface area contributed by atoms with Gasteiger partial charge in [0.2, 0.25) is 0 Å². The third-order valence-corrected chi connectivity index (χ3v) is 5.78. The van der Waals surface area contributed by atoms with Crippen LogP contribution < -0.4 is 5.32 Å². The van der Waals surface area contributed by atoms with E-state index in [0.717, 1.165) is 38.0 Å². The lowest BCUT2D eigenvalue weighted by Crippen LogP contribution is -2.14. The fourth-order valence-electron chi connectivity index (χ4n) is 2.69. The fraction of sp³-hybridized carbons (Fsp3) is 0.111. The van der Waals surface area contributed by atoms with Crippen LogP contribution in [0.5, 0.6) is 0 Å². The molecule has 0 atom stereocenters. The van der Waals surface area contributed by atoms with Gasteiger partial charge in [-0.1, -0.05) is 42.1 Å². The van der Waals surface area contributed by atoms with Gasteiger partial charge in [-0.05, 0) is 40.8 Å². The van der Waals surface area contributed by atoms with Crippen molar-refractivity contribution in [3.8, 4) is 11.3 Å². The van der Waals surface area contributed by atoms with Gasteiger partial charge in [0.15, 0.2) is 5.16 Å². The maximum atomic E-state index is 12.6. The molecule has 1 amide bonds. The number of halogens is 1. The highest BCUT2D eigenvalue weighted by Gasteiger charge is 2.18. The molecule has 0 fully saturated rings. The molecule has 0 saturated heterocycles. The van der Waals surface area contributed by atoms with Crippen LogP contribution in [0.3, 0.4) is 0 Å². The van der Waals surface area contributed by atoms with Crippen molar-refractivity contribution in [2.75, 3.05) is 11.1 Å². The van der Waals surface area contributed by atoms with Crippen LogP contribution in [0.1, 0.15) is 10.4 Å². The number of aryl methyl sites for hydroxylation is 1. The number of hydrogen-bond donors (Lipinski definition) is 1. The third-order valence-electron chi connectivity index (χ3n) is 3.87. The molecule has 4 nitrogen and oxygen atoms in total. The molecule has 0 aliphatic carbocycles. The number of carbonyl (C=O) groups excluding carboxylic acids is 1. The first kappa shape index (κ1) is 15.7. The lowest BCUT2D eigenvalue weighted by molar-refractivity contribution is 0.102. The van der Waals surface area contributed by atoms with Gasteiger partial charge in [0.1, 0.15) is 0 Å². The Hall–Kier alpha value is -1.80. The van der Waals surface area contributed by atoms with Gasteiger partial charge in [0.25, 0.3) is 5.91 Å². The quantitative estimate of drug-likeness (QED) is 0.601. The number of para-hydroxylation sites is 1. The summed E-state index contributed by atoms with van der Waals surface area (Å²) in [6.45, 7) is 0.990. The van der Waals surface area contributed by atoms with Crippen molar-refractivity contribution in [3.63, 3.8) is 0 Å². The molecule has 6 heteroatoms. The number of carbonyl (C=O) groups is 1. The zero-order valence-corrected chi connectivity index (χ0v) is 15.7. The summed E-state index contributed by atoms with van der Waals surface area (Å²) >= 11 is 3.94. The van der Waals surface area contributed by atoms with Crippen molar-refractivity contribution in [2.24, 2.45) is 0 Å². The Balaban J connectivity index is 1.67. The van der Waals surface area contributed by atoms with Crippen molar-refractivity contribution in [3.05, 3.63) is 63.9 Å². The van der Waals surface area contributed by atoms with Crippen molar-refractivity contribution in [2.45, 2.75) is 11.7 Å². The topological polar surface area (TPSA) is 46.9 Å². The van der Waals surface area contributed by atoms with Crippen LogP contribution in [0.15, 0.2) is 59.9 Å². The molecule has 2 heterocycles. The molecule has 1 aliphatic heterocycles. The smallest absolute Gasteiger partial charge is 0.256 e. The van der Waals surface area contributed by atoms with E-state index >= 15 is 0 Å². The summed E-state index contributed by atoms with van der Waals surface area (Å²) in [5, 5.41) is 4.08. The molecule has 0 bridgehead atoms. The highest BCUT2D eigenvalue weighted by molar-refractivity contribution is 14.1. The molecule has 2 aromatic carbocycles. The molecule has 4 rings (SSSR count). The number of nitrogens with one attached hydrogen (secondary N) is 1. The van der Waals surface area contributed by atoms with E-state index in [1.807, 2.05) is 48.5 Å². The van der Waals surface area contributed by atoms with E-state index in [2.05, 4.69) is 38.7 Å². The molecule has 0 radical (unpaired) electrons. The van der Waals surface area contributed by atoms with Crippen LogP contribution in [0, 0.1) is 3.57 Å². The first-order valence-corrected chi connectivity index (χ1v) is 9.64. The molecule has 1 N–H and O–H groups in total. The van der Waals surface area contributed by atoms with Gasteiger partial charge in [0.05, 0.1) is 16.9 Å². The minimum absolute atomic E-state index is 0.103. The second-order valence-electron chi connectivity index (χ2n) is 5.43. The molecule has 24 heavy (non-hydrogen) atoms. The van der Waals surface area contributed by atoms with Gasteiger partial charge in [-0.2, -0.15) is 0 Å². The minimum Gasteiger partial charge on any atom is -0.325 e. The van der Waals surface area contributed by atoms with E-state index in [1.165, 1.54) is 0 Å². The number of rotatable bonds is 3. The number of nitrogens with zero attached hydrogens (tertiary/aromatic N) is 2. The normalized spacial score (nSPS) is 12.9. The summed E-state index contributed by atoms with van der Waals surface area (Å²) in [6.07, 6.45) is 2.06. The van der Waals surface area contributed by atoms with Crippen molar-refractivity contribution < 1.29 is 4.79 Å². The molecule has 0 unspecified atom stereocenters. The predicted molar refractivity (Wildman–Crippen MR) is 105 cm³/mol. The molecule has 0 saturated carbocycles. The van der Waals surface area contributed by atoms with Crippen molar-refractivity contribution >= 4 is 45.9 Å². The van der Waals surface area contributed by atoms with Crippen LogP contribution in [0.4, 0.5) is 5.69 Å². The van der Waals surface area contributed by atoms with E-state index in [1.54, 1.807) is 11.8 Å². The van der Waals surface area contributed by atoms with Crippen LogP contribution in [-0.4, -0.2) is 21.2 Å². The number of hydrogen-bond acceptors (Lipinski definition) is 3. The Kier molecular flexibility index (Phi) is 4.32. The van der Waals surface area contributed by atoms with Gasteiger partial charge in [0, 0.05) is 27.6 Å². The number of imidazole rings is 1. The predicted octanol–water partition coefficient (Wildman–Crippen LogP) is 4.51. The largest absolute Gasteiger partial charge is 0.325 e. The highest BCUT2D eigenvalue weighted by Crippen LogP contribution is 2.32.